The van der Waals surface area contributed by atoms with Crippen LogP contribution in [0, 0.1) is 5.92 Å². The Hall–Kier alpha value is -0.860. The van der Waals surface area contributed by atoms with Crippen LogP contribution in [0.5, 0.6) is 0 Å². The van der Waals surface area contributed by atoms with Crippen LogP contribution in [0.3, 0.4) is 0 Å². The molecular formula is C20H32O2. The first-order valence-corrected chi connectivity index (χ1v) is 8.67. The summed E-state index contributed by atoms with van der Waals surface area (Å²) in [6.07, 6.45) is 13.4. The molecule has 0 amide bonds. The van der Waals surface area contributed by atoms with Crippen molar-refractivity contribution in [1.29, 1.82) is 0 Å². The summed E-state index contributed by atoms with van der Waals surface area (Å²) in [5.74, 6) is 0.398. The van der Waals surface area contributed by atoms with Gasteiger partial charge >= 0.3 is 0 Å². The maximum Gasteiger partial charge on any atom is 0.0894 e. The highest BCUT2D eigenvalue weighted by Crippen LogP contribution is 2.42. The fraction of sp³-hybridized carbons (Fsp3) is 0.700. The van der Waals surface area contributed by atoms with Crippen molar-refractivity contribution in [3.8, 4) is 0 Å². The standard InChI is InChI=1S/C20H32O2/c1-15(2)20-12-11-17(4)8-6-7-16(3)9-10-18(22-20)19(5,21)13-14-20/h7-8,11-12,15,18,21H,6,9-10,13-14H2,1-5H3. The SMILES string of the molecule is CC1=CCC=C(C)CCC2OC(C(C)C)(C=C1)CCC2(C)O. The molecular weight excluding hydrogens is 272 g/mol. The van der Waals surface area contributed by atoms with Crippen LogP contribution in [-0.2, 0) is 4.74 Å². The van der Waals surface area contributed by atoms with E-state index in [4.69, 9.17) is 4.74 Å². The first-order valence-electron chi connectivity index (χ1n) is 8.67. The minimum absolute atomic E-state index is 0.0969. The first-order chi connectivity index (χ1) is 10.3. The van der Waals surface area contributed by atoms with Crippen molar-refractivity contribution >= 4 is 0 Å². The quantitative estimate of drug-likeness (QED) is 0.695. The first kappa shape index (κ1) is 17.5. The Kier molecular flexibility index (Phi) is 5.34. The van der Waals surface area contributed by atoms with Gasteiger partial charge in [-0.1, -0.05) is 49.3 Å². The summed E-state index contributed by atoms with van der Waals surface area (Å²) in [5.41, 5.74) is 1.69. The lowest BCUT2D eigenvalue weighted by atomic mass is 9.75. The number of fused-ring (bicyclic) bond motifs is 2. The van der Waals surface area contributed by atoms with Crippen molar-refractivity contribution in [3.05, 3.63) is 35.5 Å². The topological polar surface area (TPSA) is 29.5 Å². The molecule has 2 aliphatic heterocycles. The Labute approximate surface area is 136 Å². The average Bonchev–Trinajstić information content (AvgIpc) is 2.43. The third kappa shape index (κ3) is 3.91. The smallest absolute Gasteiger partial charge is 0.0894 e. The van der Waals surface area contributed by atoms with E-state index in [1.54, 1.807) is 0 Å². The molecule has 2 bridgehead atoms. The fourth-order valence-electron chi connectivity index (χ4n) is 3.42. The molecule has 0 spiro atoms. The zero-order valence-electron chi connectivity index (χ0n) is 14.9. The molecule has 2 heteroatoms. The summed E-state index contributed by atoms with van der Waals surface area (Å²) >= 11 is 0. The van der Waals surface area contributed by atoms with E-state index < -0.39 is 5.60 Å². The normalized spacial score (nSPS) is 37.1. The molecule has 0 aromatic rings. The van der Waals surface area contributed by atoms with E-state index in [1.165, 1.54) is 11.1 Å². The molecule has 0 aromatic carbocycles. The van der Waals surface area contributed by atoms with Crippen molar-refractivity contribution in [3.63, 3.8) is 0 Å². The third-order valence-electron chi connectivity index (χ3n) is 5.39. The molecule has 3 unspecified atom stereocenters. The van der Waals surface area contributed by atoms with Gasteiger partial charge in [-0.15, -0.1) is 0 Å². The third-order valence-corrected chi connectivity index (χ3v) is 5.39. The number of hydrogen-bond acceptors (Lipinski definition) is 2. The van der Waals surface area contributed by atoms with Gasteiger partial charge in [-0.3, -0.25) is 0 Å². The molecule has 124 valence electrons. The number of aliphatic hydroxyl groups is 1. The van der Waals surface area contributed by atoms with Crippen LogP contribution in [0.4, 0.5) is 0 Å². The van der Waals surface area contributed by atoms with Gasteiger partial charge in [0.15, 0.2) is 0 Å². The minimum atomic E-state index is -0.721. The van der Waals surface area contributed by atoms with Crippen molar-refractivity contribution in [2.75, 3.05) is 0 Å². The number of ether oxygens (including phenoxy) is 1. The second kappa shape index (κ2) is 6.72. The van der Waals surface area contributed by atoms with E-state index in [9.17, 15) is 5.11 Å². The van der Waals surface area contributed by atoms with Crippen LogP contribution >= 0.6 is 0 Å². The fourth-order valence-corrected chi connectivity index (χ4v) is 3.42. The van der Waals surface area contributed by atoms with E-state index in [1.807, 2.05) is 6.92 Å². The Morgan fingerprint density at radius 3 is 2.64 bits per heavy atom. The monoisotopic (exact) mass is 304 g/mol. The molecule has 0 aromatic heterocycles. The van der Waals surface area contributed by atoms with E-state index >= 15 is 0 Å². The Morgan fingerprint density at radius 2 is 1.95 bits per heavy atom. The van der Waals surface area contributed by atoms with Crippen LogP contribution in [0.1, 0.15) is 66.7 Å². The molecule has 2 nitrogen and oxygen atoms in total. The molecule has 0 aliphatic carbocycles. The van der Waals surface area contributed by atoms with Crippen molar-refractivity contribution in [1.82, 2.24) is 0 Å². The van der Waals surface area contributed by atoms with Gasteiger partial charge < -0.3 is 9.84 Å². The molecule has 1 fully saturated rings. The van der Waals surface area contributed by atoms with Gasteiger partial charge in [0.25, 0.3) is 0 Å². The van der Waals surface area contributed by atoms with Gasteiger partial charge in [0.1, 0.15) is 0 Å². The van der Waals surface area contributed by atoms with Crippen LogP contribution < -0.4 is 0 Å². The minimum Gasteiger partial charge on any atom is -0.387 e. The Morgan fingerprint density at radius 1 is 1.23 bits per heavy atom. The Balaban J connectivity index is 2.37. The maximum atomic E-state index is 10.7. The second-order valence-corrected chi connectivity index (χ2v) is 7.68. The summed E-state index contributed by atoms with van der Waals surface area (Å²) in [6, 6.07) is 0. The number of hydrogen-bond donors (Lipinski definition) is 1. The summed E-state index contributed by atoms with van der Waals surface area (Å²) in [4.78, 5) is 0. The van der Waals surface area contributed by atoms with Gasteiger partial charge in [-0.05, 0) is 58.8 Å². The Bertz CT molecular complexity index is 482. The van der Waals surface area contributed by atoms with Gasteiger partial charge in [0.2, 0.25) is 0 Å². The molecule has 2 aliphatic rings. The molecule has 3 atom stereocenters. The van der Waals surface area contributed by atoms with Crippen LogP contribution in [0.15, 0.2) is 35.5 Å². The highest BCUT2D eigenvalue weighted by Gasteiger charge is 2.46. The summed E-state index contributed by atoms with van der Waals surface area (Å²) in [6.45, 7) is 10.7. The predicted molar refractivity (Wildman–Crippen MR) is 92.8 cm³/mol. The van der Waals surface area contributed by atoms with Gasteiger partial charge in [0.05, 0.1) is 17.3 Å². The van der Waals surface area contributed by atoms with Gasteiger partial charge in [0, 0.05) is 0 Å². The number of rotatable bonds is 1. The molecule has 0 saturated carbocycles. The zero-order valence-corrected chi connectivity index (χ0v) is 14.9. The predicted octanol–water partition coefficient (Wildman–Crippen LogP) is 4.94. The lowest BCUT2D eigenvalue weighted by Gasteiger charge is -2.49. The second-order valence-electron chi connectivity index (χ2n) is 7.68. The van der Waals surface area contributed by atoms with E-state index in [2.05, 4.69) is 52.0 Å². The maximum absolute atomic E-state index is 10.7. The van der Waals surface area contributed by atoms with Crippen molar-refractivity contribution in [2.24, 2.45) is 5.92 Å². The zero-order chi connectivity index (χ0) is 16.4. The highest BCUT2D eigenvalue weighted by molar-refractivity contribution is 5.23. The van der Waals surface area contributed by atoms with Gasteiger partial charge in [-0.2, -0.15) is 0 Å². The molecule has 1 N–H and O–H groups in total. The summed E-state index contributed by atoms with van der Waals surface area (Å²) in [5, 5.41) is 10.7. The lowest BCUT2D eigenvalue weighted by molar-refractivity contribution is -0.210. The highest BCUT2D eigenvalue weighted by atomic mass is 16.5. The van der Waals surface area contributed by atoms with Crippen molar-refractivity contribution in [2.45, 2.75) is 84.0 Å². The van der Waals surface area contributed by atoms with Crippen LogP contribution in [0.25, 0.3) is 0 Å². The average molecular weight is 304 g/mol. The molecule has 22 heavy (non-hydrogen) atoms. The molecule has 2 rings (SSSR count). The lowest BCUT2D eigenvalue weighted by Crippen LogP contribution is -2.54. The largest absolute Gasteiger partial charge is 0.387 e. The summed E-state index contributed by atoms with van der Waals surface area (Å²) in [7, 11) is 0. The van der Waals surface area contributed by atoms with E-state index in [-0.39, 0.29) is 11.7 Å². The number of allylic oxidation sites excluding steroid dienone is 5. The van der Waals surface area contributed by atoms with E-state index in [0.29, 0.717) is 5.92 Å². The summed E-state index contributed by atoms with van der Waals surface area (Å²) < 4.78 is 6.53. The molecule has 0 radical (unpaired) electrons. The molecule has 2 heterocycles. The van der Waals surface area contributed by atoms with Crippen molar-refractivity contribution < 1.29 is 9.84 Å². The van der Waals surface area contributed by atoms with Crippen LogP contribution in [-0.4, -0.2) is 22.4 Å². The molecule has 1 saturated heterocycles. The van der Waals surface area contributed by atoms with Gasteiger partial charge in [-0.25, -0.2) is 0 Å². The van der Waals surface area contributed by atoms with E-state index in [0.717, 1.165) is 32.1 Å². The van der Waals surface area contributed by atoms with Crippen LogP contribution in [0.2, 0.25) is 0 Å².